The van der Waals surface area contributed by atoms with Gasteiger partial charge < -0.3 is 33.2 Å². The average Bonchev–Trinajstić information content (AvgIpc) is 2.84. The molecule has 0 aromatic carbocycles. The lowest BCUT2D eigenvalue weighted by Crippen LogP contribution is -3.00. The molecule has 0 saturated carbocycles. The molecule has 1 heterocycles. The second kappa shape index (κ2) is 13.5. The molecule has 0 bridgehead atoms. The van der Waals surface area contributed by atoms with Crippen LogP contribution in [0.3, 0.4) is 0 Å². The van der Waals surface area contributed by atoms with Crippen molar-refractivity contribution in [2.24, 2.45) is 0 Å². The number of ether oxygens (including phenoxy) is 1. The van der Waals surface area contributed by atoms with E-state index in [1.54, 1.807) is 0 Å². The zero-order valence-corrected chi connectivity index (χ0v) is 17.8. The number of esters is 1. The van der Waals surface area contributed by atoms with Crippen molar-refractivity contribution >= 4 is 5.97 Å². The van der Waals surface area contributed by atoms with E-state index in [9.17, 15) is 4.79 Å². The monoisotopic (exact) mass is 439 g/mol. The lowest BCUT2D eigenvalue weighted by Gasteiger charge is -2.29. The Morgan fingerprint density at radius 3 is 1.96 bits per heavy atom. The minimum absolute atomic E-state index is 0. The van der Waals surface area contributed by atoms with E-state index in [1.165, 1.54) is 57.8 Å². The maximum absolute atomic E-state index is 12.1. The summed E-state index contributed by atoms with van der Waals surface area (Å²) in [6.07, 6.45) is 15.3. The van der Waals surface area contributed by atoms with Crippen molar-refractivity contribution < 1.29 is 38.0 Å². The van der Waals surface area contributed by atoms with Gasteiger partial charge in [0, 0.05) is 12.8 Å². The van der Waals surface area contributed by atoms with Crippen molar-refractivity contribution in [3.63, 3.8) is 0 Å². The lowest BCUT2D eigenvalue weighted by molar-refractivity contribution is -0.893. The van der Waals surface area contributed by atoms with Gasteiger partial charge in [-0.15, -0.1) is 0 Å². The van der Waals surface area contributed by atoms with Crippen LogP contribution in [0.5, 0.6) is 0 Å². The zero-order chi connectivity index (χ0) is 16.3. The molecule has 0 spiro atoms. The Hall–Kier alpha value is 0.160. The molecule has 0 amide bonds. The van der Waals surface area contributed by atoms with Crippen LogP contribution in [0.1, 0.15) is 84.0 Å². The summed E-state index contributed by atoms with van der Waals surface area (Å²) >= 11 is 0. The Morgan fingerprint density at radius 2 is 1.48 bits per heavy atom. The zero-order valence-electron chi connectivity index (χ0n) is 15.6. The number of quaternary nitrogens is 1. The molecule has 1 unspecified atom stereocenters. The number of halogens is 1. The Morgan fingerprint density at radius 1 is 0.957 bits per heavy atom. The molecule has 1 fully saturated rings. The first-order chi connectivity index (χ1) is 10.6. The third kappa shape index (κ3) is 9.90. The Balaban J connectivity index is 0.00000484. The lowest BCUT2D eigenvalue weighted by atomic mass is 10.1. The smallest absolute Gasteiger partial charge is 0.364 e. The van der Waals surface area contributed by atoms with Crippen LogP contribution in [0.4, 0.5) is 0 Å². The summed E-state index contributed by atoms with van der Waals surface area (Å²) in [6.45, 7) is 3.98. The molecular weight excluding hydrogens is 401 g/mol. The van der Waals surface area contributed by atoms with E-state index in [0.29, 0.717) is 6.61 Å². The minimum atomic E-state index is 0. The summed E-state index contributed by atoms with van der Waals surface area (Å²) in [7, 11) is 4.28. The van der Waals surface area contributed by atoms with Gasteiger partial charge in [-0.2, -0.15) is 0 Å². The predicted octanol–water partition coefficient (Wildman–Crippen LogP) is 1.69. The van der Waals surface area contributed by atoms with Crippen molar-refractivity contribution in [3.8, 4) is 0 Å². The van der Waals surface area contributed by atoms with Gasteiger partial charge in [-0.1, -0.05) is 64.7 Å². The summed E-state index contributed by atoms with van der Waals surface area (Å²) < 4.78 is 6.28. The SMILES string of the molecule is CCCCCCCCCCCCOC(=O)C1CCC[N+]1(C)C.[I-]. The Kier molecular flexibility index (Phi) is 13.5. The number of likely N-dealkylation sites (tertiary alicyclic amines) is 1. The topological polar surface area (TPSA) is 26.3 Å². The number of likely N-dealkylation sites (N-methyl/N-ethyl adjacent to an activating group) is 1. The van der Waals surface area contributed by atoms with Crippen molar-refractivity contribution in [1.29, 1.82) is 0 Å². The van der Waals surface area contributed by atoms with Crippen LogP contribution >= 0.6 is 0 Å². The summed E-state index contributed by atoms with van der Waals surface area (Å²) in [5, 5.41) is 0. The standard InChI is InChI=1S/C19H38NO2.HI/c1-4-5-6-7-8-9-10-11-12-13-17-22-19(21)18-15-14-16-20(18,2)3;/h18H,4-17H2,1-3H3;1H/q+1;/p-1. The highest BCUT2D eigenvalue weighted by atomic mass is 127. The van der Waals surface area contributed by atoms with Gasteiger partial charge in [0.2, 0.25) is 0 Å². The van der Waals surface area contributed by atoms with Crippen LogP contribution < -0.4 is 24.0 Å². The van der Waals surface area contributed by atoms with Gasteiger partial charge in [0.25, 0.3) is 0 Å². The highest BCUT2D eigenvalue weighted by molar-refractivity contribution is 5.74. The van der Waals surface area contributed by atoms with Gasteiger partial charge >= 0.3 is 5.97 Å². The maximum atomic E-state index is 12.1. The van der Waals surface area contributed by atoms with Crippen LogP contribution in [-0.2, 0) is 9.53 Å². The van der Waals surface area contributed by atoms with Gasteiger partial charge in [0.05, 0.1) is 27.2 Å². The van der Waals surface area contributed by atoms with E-state index in [1.807, 2.05) is 0 Å². The summed E-state index contributed by atoms with van der Waals surface area (Å²) in [6, 6.07) is 0.0723. The number of carbonyl (C=O) groups excluding carboxylic acids is 1. The molecule has 1 aliphatic heterocycles. The normalized spacial score (nSPS) is 19.3. The van der Waals surface area contributed by atoms with E-state index in [-0.39, 0.29) is 36.0 Å². The van der Waals surface area contributed by atoms with Crippen LogP contribution in [0.15, 0.2) is 0 Å². The van der Waals surface area contributed by atoms with Crippen LogP contribution in [0, 0.1) is 0 Å². The van der Waals surface area contributed by atoms with E-state index < -0.39 is 0 Å². The molecule has 0 aromatic heterocycles. The van der Waals surface area contributed by atoms with Crippen LogP contribution in [0.2, 0.25) is 0 Å². The third-order valence-corrected chi connectivity index (χ3v) is 5.07. The minimum Gasteiger partial charge on any atom is -1.00 e. The van der Waals surface area contributed by atoms with E-state index in [0.717, 1.165) is 30.3 Å². The van der Waals surface area contributed by atoms with Gasteiger partial charge in [-0.05, 0) is 6.42 Å². The highest BCUT2D eigenvalue weighted by Gasteiger charge is 2.40. The van der Waals surface area contributed by atoms with Gasteiger partial charge in [0.15, 0.2) is 6.04 Å². The van der Waals surface area contributed by atoms with E-state index in [4.69, 9.17) is 4.74 Å². The summed E-state index contributed by atoms with van der Waals surface area (Å²) in [5.41, 5.74) is 0. The molecule has 0 radical (unpaired) electrons. The van der Waals surface area contributed by atoms with Gasteiger partial charge in [-0.3, -0.25) is 0 Å². The fraction of sp³-hybridized carbons (Fsp3) is 0.947. The number of rotatable bonds is 12. The molecular formula is C19H38INO2. The molecule has 3 nitrogen and oxygen atoms in total. The van der Waals surface area contributed by atoms with E-state index in [2.05, 4.69) is 21.0 Å². The molecule has 4 heteroatoms. The fourth-order valence-electron chi connectivity index (χ4n) is 3.46. The molecule has 1 atom stereocenters. The molecule has 1 saturated heterocycles. The molecule has 1 rings (SSSR count). The molecule has 0 aromatic rings. The number of carbonyl (C=O) groups is 1. The average molecular weight is 439 g/mol. The van der Waals surface area contributed by atoms with Crippen molar-refractivity contribution in [2.75, 3.05) is 27.2 Å². The largest absolute Gasteiger partial charge is 1.00 e. The van der Waals surface area contributed by atoms with Gasteiger partial charge in [-0.25, -0.2) is 4.79 Å². The fourth-order valence-corrected chi connectivity index (χ4v) is 3.46. The van der Waals surface area contributed by atoms with Gasteiger partial charge in [0.1, 0.15) is 0 Å². The second-order valence-electron chi connectivity index (χ2n) is 7.51. The first-order valence-electron chi connectivity index (χ1n) is 9.57. The highest BCUT2D eigenvalue weighted by Crippen LogP contribution is 2.23. The summed E-state index contributed by atoms with van der Waals surface area (Å²) in [4.78, 5) is 12.1. The predicted molar refractivity (Wildman–Crippen MR) is 92.8 cm³/mol. The molecule has 138 valence electrons. The molecule has 23 heavy (non-hydrogen) atoms. The van der Waals surface area contributed by atoms with Crippen molar-refractivity contribution in [3.05, 3.63) is 0 Å². The number of hydrogen-bond donors (Lipinski definition) is 0. The quantitative estimate of drug-likeness (QED) is 0.200. The number of nitrogens with zero attached hydrogens (tertiary/aromatic N) is 1. The molecule has 0 N–H and O–H groups in total. The maximum Gasteiger partial charge on any atom is 0.364 e. The Labute approximate surface area is 161 Å². The summed E-state index contributed by atoms with van der Waals surface area (Å²) in [5.74, 6) is 0.0263. The van der Waals surface area contributed by atoms with E-state index >= 15 is 0 Å². The first-order valence-corrected chi connectivity index (χ1v) is 9.57. The third-order valence-electron chi connectivity index (χ3n) is 5.07. The van der Waals surface area contributed by atoms with Crippen LogP contribution in [-0.4, -0.2) is 43.7 Å². The van der Waals surface area contributed by atoms with Crippen LogP contribution in [0.25, 0.3) is 0 Å². The molecule has 0 aliphatic carbocycles. The van der Waals surface area contributed by atoms with Crippen molar-refractivity contribution in [2.45, 2.75) is 90.0 Å². The number of hydrogen-bond acceptors (Lipinski definition) is 2. The van der Waals surface area contributed by atoms with Crippen molar-refractivity contribution in [1.82, 2.24) is 0 Å². The first kappa shape index (κ1) is 23.2. The Bertz CT molecular complexity index is 308. The number of unbranched alkanes of at least 4 members (excludes halogenated alkanes) is 9. The molecule has 1 aliphatic rings. The second-order valence-corrected chi connectivity index (χ2v) is 7.51.